The molecule has 0 unspecified atom stereocenters. The summed E-state index contributed by atoms with van der Waals surface area (Å²) >= 11 is 0. The average molecular weight is 248 g/mol. The van der Waals surface area contributed by atoms with Crippen molar-refractivity contribution in [1.29, 1.82) is 0 Å². The number of allylic oxidation sites excluding steroid dienone is 1. The number of ether oxygens (including phenoxy) is 1. The van der Waals surface area contributed by atoms with E-state index in [1.54, 1.807) is 18.2 Å². The van der Waals surface area contributed by atoms with Crippen molar-refractivity contribution in [3.05, 3.63) is 42.0 Å². The van der Waals surface area contributed by atoms with E-state index >= 15 is 0 Å². The summed E-state index contributed by atoms with van der Waals surface area (Å²) in [5.41, 5.74) is 1.11. The zero-order valence-corrected chi connectivity index (χ0v) is 10.3. The minimum atomic E-state index is -0.421. The zero-order chi connectivity index (χ0) is 13.5. The first-order valence-corrected chi connectivity index (χ1v) is 5.61. The third-order valence-corrected chi connectivity index (χ3v) is 2.56. The molecule has 0 aliphatic carbocycles. The van der Waals surface area contributed by atoms with Crippen molar-refractivity contribution in [2.75, 3.05) is 7.11 Å². The van der Waals surface area contributed by atoms with Gasteiger partial charge in [-0.15, -0.1) is 6.58 Å². The molecule has 0 atom stereocenters. The number of phenolic OH excluding ortho intramolecular Hbond substituents is 1. The van der Waals surface area contributed by atoms with Gasteiger partial charge in [-0.25, -0.2) is 0 Å². The van der Waals surface area contributed by atoms with E-state index in [9.17, 15) is 14.7 Å². The molecule has 4 heteroatoms. The molecule has 0 saturated carbocycles. The first kappa shape index (κ1) is 14.0. The predicted molar refractivity (Wildman–Crippen MR) is 67.6 cm³/mol. The van der Waals surface area contributed by atoms with E-state index in [1.165, 1.54) is 13.2 Å². The Bertz CT molecular complexity index is 463. The van der Waals surface area contributed by atoms with Crippen molar-refractivity contribution in [1.82, 2.24) is 0 Å². The molecule has 4 nitrogen and oxygen atoms in total. The zero-order valence-electron chi connectivity index (χ0n) is 10.3. The van der Waals surface area contributed by atoms with E-state index in [2.05, 4.69) is 11.3 Å². The van der Waals surface area contributed by atoms with Gasteiger partial charge in [-0.1, -0.05) is 18.2 Å². The minimum absolute atomic E-state index is 0.0461. The maximum Gasteiger partial charge on any atom is 0.305 e. The molecule has 1 N–H and O–H groups in total. The van der Waals surface area contributed by atoms with Crippen LogP contribution in [0.3, 0.4) is 0 Å². The van der Waals surface area contributed by atoms with Crippen LogP contribution in [0.15, 0.2) is 30.9 Å². The number of ketones is 1. The van der Waals surface area contributed by atoms with Crippen molar-refractivity contribution in [2.45, 2.75) is 19.3 Å². The number of phenols is 1. The van der Waals surface area contributed by atoms with Crippen molar-refractivity contribution in [2.24, 2.45) is 0 Å². The largest absolute Gasteiger partial charge is 0.508 e. The molecule has 0 radical (unpaired) electrons. The number of hydrogen-bond donors (Lipinski definition) is 1. The topological polar surface area (TPSA) is 63.6 Å². The van der Waals surface area contributed by atoms with Crippen molar-refractivity contribution >= 4 is 11.8 Å². The number of aromatic hydroxyl groups is 1. The van der Waals surface area contributed by atoms with Crippen LogP contribution in [0.2, 0.25) is 0 Å². The average Bonchev–Trinajstić information content (AvgIpc) is 2.38. The van der Waals surface area contributed by atoms with Crippen LogP contribution in [0.25, 0.3) is 0 Å². The molecule has 0 heterocycles. The lowest BCUT2D eigenvalue weighted by molar-refractivity contribution is -0.140. The van der Waals surface area contributed by atoms with Crippen LogP contribution < -0.4 is 0 Å². The molecule has 0 aliphatic rings. The number of carbonyl (C=O) groups excluding carboxylic acids is 2. The Balaban J connectivity index is 2.72. The van der Waals surface area contributed by atoms with Gasteiger partial charge in [0.15, 0.2) is 5.78 Å². The first-order chi connectivity index (χ1) is 8.58. The number of methoxy groups -OCH3 is 1. The Labute approximate surface area is 106 Å². The summed E-state index contributed by atoms with van der Waals surface area (Å²) in [7, 11) is 1.28. The molecule has 0 spiro atoms. The molecule has 0 aliphatic heterocycles. The van der Waals surface area contributed by atoms with Crippen LogP contribution in [0.5, 0.6) is 5.75 Å². The highest BCUT2D eigenvalue weighted by Gasteiger charge is 2.11. The molecule has 0 saturated heterocycles. The monoisotopic (exact) mass is 248 g/mol. The molecule has 0 amide bonds. The summed E-state index contributed by atoms with van der Waals surface area (Å²) in [6.07, 6.45) is 2.34. The van der Waals surface area contributed by atoms with Gasteiger partial charge in [0.25, 0.3) is 0 Å². The fourth-order valence-electron chi connectivity index (χ4n) is 1.53. The van der Waals surface area contributed by atoms with E-state index in [4.69, 9.17) is 0 Å². The Morgan fingerprint density at radius 2 is 2.11 bits per heavy atom. The van der Waals surface area contributed by atoms with Gasteiger partial charge in [0.05, 0.1) is 13.5 Å². The summed E-state index contributed by atoms with van der Waals surface area (Å²) in [6.45, 7) is 3.58. The van der Waals surface area contributed by atoms with Crippen LogP contribution in [-0.2, 0) is 16.0 Å². The molecule has 0 fully saturated rings. The quantitative estimate of drug-likeness (QED) is 0.476. The predicted octanol–water partition coefficient (Wildman–Crippen LogP) is 2.26. The molecule has 1 rings (SSSR count). The van der Waals surface area contributed by atoms with Crippen LogP contribution in [0.4, 0.5) is 0 Å². The standard InChI is InChI=1S/C14H16O4/c1-3-4-10-5-6-11(9-13(10)16)12(15)7-8-14(17)18-2/h3,5-6,9,16H,1,4,7-8H2,2H3. The van der Waals surface area contributed by atoms with Gasteiger partial charge in [0, 0.05) is 12.0 Å². The molecule has 18 heavy (non-hydrogen) atoms. The van der Waals surface area contributed by atoms with E-state index in [0.717, 1.165) is 5.56 Å². The highest BCUT2D eigenvalue weighted by atomic mass is 16.5. The van der Waals surface area contributed by atoms with Crippen LogP contribution in [0.1, 0.15) is 28.8 Å². The first-order valence-electron chi connectivity index (χ1n) is 5.61. The lowest BCUT2D eigenvalue weighted by atomic mass is 10.0. The van der Waals surface area contributed by atoms with Crippen molar-refractivity contribution < 1.29 is 19.4 Å². The molecular weight excluding hydrogens is 232 g/mol. The van der Waals surface area contributed by atoms with E-state index in [0.29, 0.717) is 12.0 Å². The number of Topliss-reactive ketones (excluding diaryl/α,β-unsaturated/α-hetero) is 1. The number of esters is 1. The lowest BCUT2D eigenvalue weighted by Gasteiger charge is -2.05. The van der Waals surface area contributed by atoms with Gasteiger partial charge in [-0.3, -0.25) is 9.59 Å². The van der Waals surface area contributed by atoms with Crippen LogP contribution >= 0.6 is 0 Å². The number of benzene rings is 1. The Morgan fingerprint density at radius 3 is 2.67 bits per heavy atom. The Morgan fingerprint density at radius 1 is 1.39 bits per heavy atom. The maximum absolute atomic E-state index is 11.7. The fourth-order valence-corrected chi connectivity index (χ4v) is 1.53. The Kier molecular flexibility index (Phi) is 5.11. The highest BCUT2D eigenvalue weighted by Crippen LogP contribution is 2.20. The number of hydrogen-bond acceptors (Lipinski definition) is 4. The minimum Gasteiger partial charge on any atom is -0.508 e. The molecule has 0 aromatic heterocycles. The van der Waals surface area contributed by atoms with Gasteiger partial charge in [-0.05, 0) is 18.1 Å². The molecule has 0 bridgehead atoms. The van der Waals surface area contributed by atoms with Gasteiger partial charge in [-0.2, -0.15) is 0 Å². The van der Waals surface area contributed by atoms with Crippen LogP contribution in [-0.4, -0.2) is 24.0 Å². The summed E-state index contributed by atoms with van der Waals surface area (Å²) in [6, 6.07) is 4.74. The van der Waals surface area contributed by atoms with Gasteiger partial charge < -0.3 is 9.84 Å². The SMILES string of the molecule is C=CCc1ccc(C(=O)CCC(=O)OC)cc1O. The summed E-state index contributed by atoms with van der Waals surface area (Å²) in [5.74, 6) is -0.546. The molecular formula is C14H16O4. The second-order valence-corrected chi connectivity index (χ2v) is 3.84. The van der Waals surface area contributed by atoms with E-state index in [-0.39, 0.29) is 24.4 Å². The fraction of sp³-hybridized carbons (Fsp3) is 0.286. The Hall–Kier alpha value is -2.10. The third-order valence-electron chi connectivity index (χ3n) is 2.56. The van der Waals surface area contributed by atoms with E-state index in [1.807, 2.05) is 0 Å². The van der Waals surface area contributed by atoms with Gasteiger partial charge in [0.2, 0.25) is 0 Å². The summed E-state index contributed by atoms with van der Waals surface area (Å²) < 4.78 is 4.46. The van der Waals surface area contributed by atoms with Crippen LogP contribution in [0, 0.1) is 0 Å². The van der Waals surface area contributed by atoms with E-state index < -0.39 is 5.97 Å². The smallest absolute Gasteiger partial charge is 0.305 e. The van der Waals surface area contributed by atoms with Crippen molar-refractivity contribution in [3.8, 4) is 5.75 Å². The lowest BCUT2D eigenvalue weighted by Crippen LogP contribution is -2.06. The molecule has 1 aromatic rings. The second kappa shape index (κ2) is 6.59. The molecule has 1 aromatic carbocycles. The number of rotatable bonds is 6. The molecule has 96 valence electrons. The van der Waals surface area contributed by atoms with Crippen molar-refractivity contribution in [3.63, 3.8) is 0 Å². The second-order valence-electron chi connectivity index (χ2n) is 3.84. The summed E-state index contributed by atoms with van der Waals surface area (Å²) in [5, 5.41) is 9.70. The summed E-state index contributed by atoms with van der Waals surface area (Å²) in [4.78, 5) is 22.7. The highest BCUT2D eigenvalue weighted by molar-refractivity contribution is 5.97. The maximum atomic E-state index is 11.7. The van der Waals surface area contributed by atoms with Gasteiger partial charge in [0.1, 0.15) is 5.75 Å². The normalized spacial score (nSPS) is 9.83. The van der Waals surface area contributed by atoms with Gasteiger partial charge >= 0.3 is 5.97 Å². The third kappa shape index (κ3) is 3.73. The number of carbonyl (C=O) groups is 2.